The molecule has 0 radical (unpaired) electrons. The Morgan fingerprint density at radius 1 is 1.26 bits per heavy atom. The lowest BCUT2D eigenvalue weighted by molar-refractivity contribution is 0.876. The Morgan fingerprint density at radius 3 is 2.63 bits per heavy atom. The average Bonchev–Trinajstić information content (AvgIpc) is 2.45. The normalized spacial score (nSPS) is 9.89. The van der Waals surface area contributed by atoms with Crippen molar-refractivity contribution in [1.29, 1.82) is 5.26 Å². The second kappa shape index (κ2) is 5.87. The summed E-state index contributed by atoms with van der Waals surface area (Å²) in [5.41, 5.74) is 9.38. The highest BCUT2D eigenvalue weighted by molar-refractivity contribution is 5.69. The fraction of sp³-hybridized carbons (Fsp3) is 0.200. The number of hydrogen-bond acceptors (Lipinski definition) is 4. The van der Waals surface area contributed by atoms with E-state index >= 15 is 0 Å². The largest absolute Gasteiger partial charge is 0.397 e. The molecule has 0 saturated carbocycles. The van der Waals surface area contributed by atoms with E-state index in [4.69, 9.17) is 11.0 Å². The second-order valence-electron chi connectivity index (χ2n) is 4.41. The van der Waals surface area contributed by atoms with Crippen LogP contribution in [0.15, 0.2) is 42.7 Å². The summed E-state index contributed by atoms with van der Waals surface area (Å²) < 4.78 is 0. The number of hydrogen-bond donors (Lipinski definition) is 1. The Morgan fingerprint density at radius 2 is 2.00 bits per heavy atom. The average molecular weight is 252 g/mol. The van der Waals surface area contributed by atoms with Crippen molar-refractivity contribution in [1.82, 2.24) is 4.98 Å². The number of rotatable bonds is 4. The molecule has 19 heavy (non-hydrogen) atoms. The maximum atomic E-state index is 8.82. The van der Waals surface area contributed by atoms with Gasteiger partial charge in [-0.15, -0.1) is 0 Å². The number of nitrogens with zero attached hydrogens (tertiary/aromatic N) is 3. The van der Waals surface area contributed by atoms with Gasteiger partial charge in [0.15, 0.2) is 0 Å². The van der Waals surface area contributed by atoms with E-state index in [9.17, 15) is 0 Å². The predicted octanol–water partition coefficient (Wildman–Crippen LogP) is 2.21. The number of aromatic nitrogens is 1. The summed E-state index contributed by atoms with van der Waals surface area (Å²) in [6.07, 6.45) is 4.52. The molecule has 1 aromatic heterocycles. The van der Waals surface area contributed by atoms with Gasteiger partial charge in [-0.25, -0.2) is 0 Å². The van der Waals surface area contributed by atoms with Gasteiger partial charge in [0.2, 0.25) is 0 Å². The maximum absolute atomic E-state index is 8.82. The van der Waals surface area contributed by atoms with Crippen LogP contribution >= 0.6 is 0 Å². The lowest BCUT2D eigenvalue weighted by Crippen LogP contribution is -2.21. The molecule has 0 spiro atoms. The molecule has 0 aliphatic heterocycles. The Hall–Kier alpha value is -2.54. The molecule has 0 fully saturated rings. The first-order valence-electron chi connectivity index (χ1n) is 6.10. The van der Waals surface area contributed by atoms with Gasteiger partial charge in [-0.2, -0.15) is 5.26 Å². The summed E-state index contributed by atoms with van der Waals surface area (Å²) in [5.74, 6) is 0. The van der Waals surface area contributed by atoms with Crippen molar-refractivity contribution in [2.75, 3.05) is 24.2 Å². The van der Waals surface area contributed by atoms with Gasteiger partial charge in [-0.3, -0.25) is 4.98 Å². The van der Waals surface area contributed by atoms with Crippen molar-refractivity contribution in [3.05, 3.63) is 53.9 Å². The molecule has 4 nitrogen and oxygen atoms in total. The third-order valence-corrected chi connectivity index (χ3v) is 3.05. The Balaban J connectivity index is 2.04. The Labute approximate surface area is 113 Å². The summed E-state index contributed by atoms with van der Waals surface area (Å²) in [6, 6.07) is 11.5. The van der Waals surface area contributed by atoms with E-state index in [-0.39, 0.29) is 0 Å². The van der Waals surface area contributed by atoms with Gasteiger partial charge in [0, 0.05) is 26.0 Å². The minimum atomic E-state index is 0.587. The quantitative estimate of drug-likeness (QED) is 0.847. The topological polar surface area (TPSA) is 65.9 Å². The van der Waals surface area contributed by atoms with E-state index in [0.717, 1.165) is 18.7 Å². The first-order valence-corrected chi connectivity index (χ1v) is 6.10. The molecular formula is C15H16N4. The zero-order valence-corrected chi connectivity index (χ0v) is 10.9. The number of nitrogen functional groups attached to an aromatic ring is 1. The van der Waals surface area contributed by atoms with Crippen LogP contribution in [0.5, 0.6) is 0 Å². The van der Waals surface area contributed by atoms with Gasteiger partial charge >= 0.3 is 0 Å². The molecule has 4 heteroatoms. The number of likely N-dealkylation sites (N-methyl/N-ethyl adjacent to an activating group) is 1. The summed E-state index contributed by atoms with van der Waals surface area (Å²) in [5, 5.41) is 8.82. The van der Waals surface area contributed by atoms with Gasteiger partial charge in [0.05, 0.1) is 23.0 Å². The van der Waals surface area contributed by atoms with Crippen molar-refractivity contribution < 1.29 is 0 Å². The molecule has 96 valence electrons. The van der Waals surface area contributed by atoms with E-state index in [1.165, 1.54) is 5.56 Å². The van der Waals surface area contributed by atoms with Gasteiger partial charge in [-0.05, 0) is 42.3 Å². The van der Waals surface area contributed by atoms with E-state index in [1.807, 2.05) is 25.2 Å². The van der Waals surface area contributed by atoms with Crippen LogP contribution in [0, 0.1) is 11.3 Å². The SMILES string of the molecule is CN(CCc1ccncc1)c1ccc(C#N)cc1N. The van der Waals surface area contributed by atoms with Crippen LogP contribution in [0.3, 0.4) is 0 Å². The molecule has 0 atom stereocenters. The highest BCUT2D eigenvalue weighted by atomic mass is 15.1. The van der Waals surface area contributed by atoms with Crippen LogP contribution in [-0.2, 0) is 6.42 Å². The molecule has 1 heterocycles. The van der Waals surface area contributed by atoms with Crippen molar-refractivity contribution in [3.8, 4) is 6.07 Å². The number of nitriles is 1. The fourth-order valence-electron chi connectivity index (χ4n) is 1.94. The van der Waals surface area contributed by atoms with Crippen LogP contribution in [-0.4, -0.2) is 18.6 Å². The van der Waals surface area contributed by atoms with Crippen molar-refractivity contribution in [2.24, 2.45) is 0 Å². The van der Waals surface area contributed by atoms with Gasteiger partial charge < -0.3 is 10.6 Å². The monoisotopic (exact) mass is 252 g/mol. The highest BCUT2D eigenvalue weighted by Crippen LogP contribution is 2.23. The summed E-state index contributed by atoms with van der Waals surface area (Å²) in [7, 11) is 2.00. The van der Waals surface area contributed by atoms with Crippen LogP contribution < -0.4 is 10.6 Å². The summed E-state index contributed by atoms with van der Waals surface area (Å²) >= 11 is 0. The third-order valence-electron chi connectivity index (χ3n) is 3.05. The van der Waals surface area contributed by atoms with E-state index < -0.39 is 0 Å². The first-order chi connectivity index (χ1) is 9.20. The number of anilines is 2. The standard InChI is InChI=1S/C15H16N4/c1-19(9-6-12-4-7-18-8-5-12)15-3-2-13(11-16)10-14(15)17/h2-5,7-8,10H,6,9,17H2,1H3. The maximum Gasteiger partial charge on any atom is 0.0992 e. The lowest BCUT2D eigenvalue weighted by Gasteiger charge is -2.21. The number of nitrogens with two attached hydrogens (primary N) is 1. The lowest BCUT2D eigenvalue weighted by atomic mass is 10.1. The van der Waals surface area contributed by atoms with Crippen LogP contribution in [0.4, 0.5) is 11.4 Å². The van der Waals surface area contributed by atoms with E-state index in [2.05, 4.69) is 16.0 Å². The van der Waals surface area contributed by atoms with Crippen molar-refractivity contribution in [2.45, 2.75) is 6.42 Å². The van der Waals surface area contributed by atoms with Gasteiger partial charge in [-0.1, -0.05) is 0 Å². The molecule has 0 aliphatic rings. The minimum Gasteiger partial charge on any atom is -0.397 e. The molecule has 0 aliphatic carbocycles. The molecule has 0 bridgehead atoms. The Kier molecular flexibility index (Phi) is 3.99. The molecular weight excluding hydrogens is 236 g/mol. The molecule has 2 aromatic rings. The molecule has 2 N–H and O–H groups in total. The predicted molar refractivity (Wildman–Crippen MR) is 76.8 cm³/mol. The summed E-state index contributed by atoms with van der Waals surface area (Å²) in [4.78, 5) is 6.09. The van der Waals surface area contributed by atoms with Crippen LogP contribution in [0.2, 0.25) is 0 Å². The summed E-state index contributed by atoms with van der Waals surface area (Å²) in [6.45, 7) is 0.861. The van der Waals surface area contributed by atoms with Crippen LogP contribution in [0.1, 0.15) is 11.1 Å². The second-order valence-corrected chi connectivity index (χ2v) is 4.41. The van der Waals surface area contributed by atoms with Gasteiger partial charge in [0.25, 0.3) is 0 Å². The molecule has 0 unspecified atom stereocenters. The van der Waals surface area contributed by atoms with Gasteiger partial charge in [0.1, 0.15) is 0 Å². The molecule has 0 amide bonds. The number of pyridine rings is 1. The highest BCUT2D eigenvalue weighted by Gasteiger charge is 2.06. The van der Waals surface area contributed by atoms with Crippen molar-refractivity contribution >= 4 is 11.4 Å². The minimum absolute atomic E-state index is 0.587. The molecule has 1 aromatic carbocycles. The smallest absolute Gasteiger partial charge is 0.0992 e. The van der Waals surface area contributed by atoms with Crippen LogP contribution in [0.25, 0.3) is 0 Å². The third kappa shape index (κ3) is 3.23. The van der Waals surface area contributed by atoms with Crippen molar-refractivity contribution in [3.63, 3.8) is 0 Å². The molecule has 2 rings (SSSR count). The Bertz CT molecular complexity index is 587. The van der Waals surface area contributed by atoms with E-state index in [0.29, 0.717) is 11.3 Å². The molecule has 0 saturated heterocycles. The zero-order valence-electron chi connectivity index (χ0n) is 10.9. The number of benzene rings is 1. The zero-order chi connectivity index (χ0) is 13.7. The first kappa shape index (κ1) is 12.9. The fourth-order valence-corrected chi connectivity index (χ4v) is 1.94. The van der Waals surface area contributed by atoms with E-state index in [1.54, 1.807) is 24.5 Å².